The van der Waals surface area contributed by atoms with Gasteiger partial charge in [-0.3, -0.25) is 0 Å². The molecular formula is IK3O. The van der Waals surface area contributed by atoms with E-state index in [-0.39, 0.29) is 184 Å². The SMILES string of the molecule is [I-].[K+].[K+].[K+].[O-2]. The smallest absolute Gasteiger partial charge is 1.00 e. The Morgan fingerprint density at radius 1 is 0.600 bits per heavy atom. The summed E-state index contributed by atoms with van der Waals surface area (Å²) in [5.41, 5.74) is 0. The van der Waals surface area contributed by atoms with Crippen LogP contribution in [0.4, 0.5) is 0 Å². The zero-order valence-corrected chi connectivity index (χ0v) is 15.3. The third-order valence-electron chi connectivity index (χ3n) is 0. The molecule has 0 N–H and O–H groups in total. The topological polar surface area (TPSA) is 28.5 Å². The second-order valence-corrected chi connectivity index (χ2v) is 0. The van der Waals surface area contributed by atoms with Crippen LogP contribution in [0.15, 0.2) is 0 Å². The Balaban J connectivity index is 0. The third kappa shape index (κ3) is 17.7. The molecule has 0 aromatic carbocycles. The van der Waals surface area contributed by atoms with E-state index in [2.05, 4.69) is 0 Å². The number of hydrogen-bond acceptors (Lipinski definition) is 0. The van der Waals surface area contributed by atoms with Crippen LogP contribution < -0.4 is 178 Å². The zero-order valence-electron chi connectivity index (χ0n) is 3.79. The fourth-order valence-corrected chi connectivity index (χ4v) is 0. The first kappa shape index (κ1) is 31.2. The van der Waals surface area contributed by atoms with E-state index in [0.717, 1.165) is 0 Å². The van der Waals surface area contributed by atoms with Gasteiger partial charge in [0.1, 0.15) is 0 Å². The van der Waals surface area contributed by atoms with Gasteiger partial charge in [-0.15, -0.1) is 0 Å². The van der Waals surface area contributed by atoms with E-state index in [1.807, 2.05) is 0 Å². The first-order valence-corrected chi connectivity index (χ1v) is 0. The molecule has 0 aliphatic carbocycles. The summed E-state index contributed by atoms with van der Waals surface area (Å²) in [6, 6.07) is 0. The molecule has 0 aromatic heterocycles. The van der Waals surface area contributed by atoms with Crippen molar-refractivity contribution in [3.63, 3.8) is 0 Å². The molecule has 0 heterocycles. The van der Waals surface area contributed by atoms with Crippen LogP contribution in [0.25, 0.3) is 0 Å². The van der Waals surface area contributed by atoms with E-state index >= 15 is 0 Å². The van der Waals surface area contributed by atoms with Gasteiger partial charge in [-0.05, 0) is 0 Å². The van der Waals surface area contributed by atoms with E-state index in [4.69, 9.17) is 0 Å². The maximum Gasteiger partial charge on any atom is 1.00 e. The first-order chi connectivity index (χ1) is 0. The van der Waals surface area contributed by atoms with Crippen molar-refractivity contribution in [3.8, 4) is 0 Å². The predicted octanol–water partition coefficient (Wildman–Crippen LogP) is -12.1. The molecule has 0 saturated heterocycles. The van der Waals surface area contributed by atoms with Gasteiger partial charge in [0, 0.05) is 0 Å². The van der Waals surface area contributed by atoms with Crippen LogP contribution in [-0.2, 0) is 5.48 Å². The molecule has 0 radical (unpaired) electrons. The Kier molecular flexibility index (Phi) is 141. The normalized spacial score (nSPS) is 0. The van der Waals surface area contributed by atoms with E-state index in [0.29, 0.717) is 0 Å². The number of hydrogen-bond donors (Lipinski definition) is 0. The maximum atomic E-state index is 0. The summed E-state index contributed by atoms with van der Waals surface area (Å²) in [5.74, 6) is 0. The summed E-state index contributed by atoms with van der Waals surface area (Å²) in [7, 11) is 0. The van der Waals surface area contributed by atoms with Crippen LogP contribution >= 0.6 is 0 Å². The zero-order chi connectivity index (χ0) is 0. The van der Waals surface area contributed by atoms with Gasteiger partial charge in [0.15, 0.2) is 0 Å². The van der Waals surface area contributed by atoms with Crippen molar-refractivity contribution in [1.29, 1.82) is 0 Å². The second-order valence-electron chi connectivity index (χ2n) is 0. The van der Waals surface area contributed by atoms with Crippen LogP contribution in [-0.4, -0.2) is 0 Å². The molecule has 0 aromatic rings. The van der Waals surface area contributed by atoms with Crippen molar-refractivity contribution in [2.45, 2.75) is 0 Å². The molecule has 0 unspecified atom stereocenters. The average molecular weight is 260 g/mol. The van der Waals surface area contributed by atoms with Crippen molar-refractivity contribution < 1.29 is 184 Å². The second kappa shape index (κ2) is 22.6. The molecule has 16 valence electrons. The minimum atomic E-state index is 0. The molecule has 0 rings (SSSR count). The molecule has 0 spiro atoms. The Bertz CT molecular complexity index is 6.85. The predicted molar refractivity (Wildman–Crippen MR) is 0.686 cm³/mol. The average Bonchev–Trinajstić information content (AvgIpc) is 0. The molecule has 5 heteroatoms. The van der Waals surface area contributed by atoms with E-state index in [1.54, 1.807) is 0 Å². The minimum Gasteiger partial charge on any atom is -2.00 e. The first-order valence-electron chi connectivity index (χ1n) is 0. The van der Waals surface area contributed by atoms with Gasteiger partial charge in [0.25, 0.3) is 0 Å². The number of rotatable bonds is 0. The van der Waals surface area contributed by atoms with Crippen LogP contribution in [0.2, 0.25) is 0 Å². The Hall–Kier alpha value is 5.60. The maximum absolute atomic E-state index is 0. The van der Waals surface area contributed by atoms with Crippen molar-refractivity contribution in [3.05, 3.63) is 0 Å². The molecular weight excluding hydrogens is 260 g/mol. The Morgan fingerprint density at radius 3 is 0.600 bits per heavy atom. The van der Waals surface area contributed by atoms with Crippen LogP contribution in [0.3, 0.4) is 0 Å². The fraction of sp³-hybridized carbons (Fsp3) is 0. The summed E-state index contributed by atoms with van der Waals surface area (Å²) >= 11 is 0. The van der Waals surface area contributed by atoms with Crippen molar-refractivity contribution in [2.24, 2.45) is 0 Å². The Labute approximate surface area is 177 Å². The van der Waals surface area contributed by atoms with Crippen molar-refractivity contribution in [2.75, 3.05) is 0 Å². The minimum absolute atomic E-state index is 0. The van der Waals surface area contributed by atoms with Gasteiger partial charge in [-0.2, -0.15) is 0 Å². The third-order valence-corrected chi connectivity index (χ3v) is 0. The molecule has 0 atom stereocenters. The fourth-order valence-electron chi connectivity index (χ4n) is 0. The molecule has 0 saturated carbocycles. The molecule has 1 nitrogen and oxygen atoms in total. The van der Waals surface area contributed by atoms with E-state index < -0.39 is 0 Å². The molecule has 0 bridgehead atoms. The molecule has 5 heavy (non-hydrogen) atoms. The van der Waals surface area contributed by atoms with Crippen molar-refractivity contribution in [1.82, 2.24) is 0 Å². The van der Waals surface area contributed by atoms with Gasteiger partial charge < -0.3 is 29.5 Å². The monoisotopic (exact) mass is 260 g/mol. The van der Waals surface area contributed by atoms with E-state index in [9.17, 15) is 0 Å². The van der Waals surface area contributed by atoms with Crippen LogP contribution in [0.5, 0.6) is 0 Å². The van der Waals surface area contributed by atoms with Crippen LogP contribution in [0, 0.1) is 0 Å². The van der Waals surface area contributed by atoms with Gasteiger partial charge in [-0.25, -0.2) is 0 Å². The van der Waals surface area contributed by atoms with Gasteiger partial charge in [0.05, 0.1) is 0 Å². The summed E-state index contributed by atoms with van der Waals surface area (Å²) in [4.78, 5) is 0. The Morgan fingerprint density at radius 2 is 0.600 bits per heavy atom. The van der Waals surface area contributed by atoms with Gasteiger partial charge in [-0.1, -0.05) is 0 Å². The van der Waals surface area contributed by atoms with Gasteiger partial charge >= 0.3 is 154 Å². The summed E-state index contributed by atoms with van der Waals surface area (Å²) in [5, 5.41) is 0. The van der Waals surface area contributed by atoms with Crippen LogP contribution in [0.1, 0.15) is 0 Å². The summed E-state index contributed by atoms with van der Waals surface area (Å²) < 4.78 is 0. The van der Waals surface area contributed by atoms with E-state index in [1.165, 1.54) is 0 Å². The summed E-state index contributed by atoms with van der Waals surface area (Å²) in [6.45, 7) is 0. The quantitative estimate of drug-likeness (QED) is 0.306. The van der Waals surface area contributed by atoms with Crippen molar-refractivity contribution >= 4 is 0 Å². The summed E-state index contributed by atoms with van der Waals surface area (Å²) in [6.07, 6.45) is 0. The van der Waals surface area contributed by atoms with Gasteiger partial charge in [0.2, 0.25) is 0 Å². The number of halogens is 1. The largest absolute Gasteiger partial charge is 2.00 e. The molecule has 0 aliphatic rings. The molecule has 0 aliphatic heterocycles. The molecule has 0 fully saturated rings. The molecule has 0 amide bonds. The standard InChI is InChI=1S/HI.3K.O/h1H;;;;/q;3*+1;-2/p-1.